The summed E-state index contributed by atoms with van der Waals surface area (Å²) in [5.74, 6) is -2.49. The number of benzene rings is 1. The Labute approximate surface area is 300 Å². The van der Waals surface area contributed by atoms with Gasteiger partial charge in [0.2, 0.25) is 22.7 Å². The van der Waals surface area contributed by atoms with Gasteiger partial charge in [-0.25, -0.2) is 27.3 Å². The number of alkyl halides is 1. The molecule has 4 fully saturated rings. The number of halogens is 1. The number of nitrogens with one attached hydrogen (secondary N) is 3. The third kappa shape index (κ3) is 7.13. The van der Waals surface area contributed by atoms with Crippen LogP contribution in [0.2, 0.25) is 0 Å². The Bertz CT molecular complexity index is 1920. The van der Waals surface area contributed by atoms with Crippen LogP contribution in [0.1, 0.15) is 71.6 Å². The highest BCUT2D eigenvalue weighted by Crippen LogP contribution is 2.48. The van der Waals surface area contributed by atoms with Gasteiger partial charge < -0.3 is 30.1 Å². The lowest BCUT2D eigenvalue weighted by Crippen LogP contribution is -2.59. The highest BCUT2D eigenvalue weighted by atomic mass is 32.2. The molecule has 5 aliphatic rings. The number of nitrogens with zero attached hydrogens (tertiary/aromatic N) is 2. The van der Waals surface area contributed by atoms with Crippen molar-refractivity contribution in [3.05, 3.63) is 42.6 Å². The van der Waals surface area contributed by atoms with E-state index in [1.54, 1.807) is 19.2 Å². The summed E-state index contributed by atoms with van der Waals surface area (Å²) >= 11 is 0. The second-order valence-electron chi connectivity index (χ2n) is 15.1. The summed E-state index contributed by atoms with van der Waals surface area (Å²) in [5, 5.41) is 13.8. The first-order valence-corrected chi connectivity index (χ1v) is 19.4. The fraction of sp³-hybridized carbons (Fsp3) is 0.583. The SMILES string of the molecule is C[C@@H]1CCC=C[C@@H]2C[C@@]2(C(=O)NS(=O)(=O)C2(F)CC2)NC(=O)[C@@H]2C[C@@H](Oc3ncc(OC4CC4)c4ccccc34)CN2C(=O)[C@@H](NC(=O)O)[C@H](C)C1. The smallest absolute Gasteiger partial charge is 0.405 e. The van der Waals surface area contributed by atoms with Gasteiger partial charge in [-0.2, -0.15) is 0 Å². The van der Waals surface area contributed by atoms with E-state index in [0.717, 1.165) is 18.2 Å². The minimum Gasteiger partial charge on any atom is -0.488 e. The molecule has 3 aliphatic carbocycles. The summed E-state index contributed by atoms with van der Waals surface area (Å²) < 4.78 is 54.5. The maximum Gasteiger partial charge on any atom is 0.405 e. The lowest BCUT2D eigenvalue weighted by atomic mass is 9.88. The van der Waals surface area contributed by atoms with Crippen LogP contribution in [0.15, 0.2) is 42.6 Å². The van der Waals surface area contributed by atoms with Gasteiger partial charge in [0.25, 0.3) is 15.9 Å². The number of carboxylic acid groups (broad SMARTS) is 1. The predicted octanol–water partition coefficient (Wildman–Crippen LogP) is 3.55. The topological polar surface area (TPSA) is 193 Å². The van der Waals surface area contributed by atoms with Crippen molar-refractivity contribution in [1.82, 2.24) is 25.2 Å². The van der Waals surface area contributed by atoms with Crippen molar-refractivity contribution >= 4 is 44.6 Å². The molecular formula is C36H44FN5O9S. The molecule has 2 aromatic rings. The predicted molar refractivity (Wildman–Crippen MR) is 185 cm³/mol. The zero-order valence-electron chi connectivity index (χ0n) is 29.0. The molecule has 7 atom stereocenters. The van der Waals surface area contributed by atoms with E-state index in [4.69, 9.17) is 9.47 Å². The van der Waals surface area contributed by atoms with Gasteiger partial charge in [0.05, 0.1) is 18.8 Å². The summed E-state index contributed by atoms with van der Waals surface area (Å²) in [7, 11) is -4.66. The van der Waals surface area contributed by atoms with E-state index < -0.39 is 74.4 Å². The van der Waals surface area contributed by atoms with Crippen LogP contribution in [-0.4, -0.2) is 88.6 Å². The third-order valence-electron chi connectivity index (χ3n) is 10.9. The highest BCUT2D eigenvalue weighted by Gasteiger charge is 2.64. The number of amides is 4. The molecule has 3 heterocycles. The number of carbonyl (C=O) groups excluding carboxylic acids is 3. The number of sulfonamides is 1. The number of allylic oxidation sites excluding steroid dienone is 1. The zero-order chi connectivity index (χ0) is 37.0. The molecule has 0 bridgehead atoms. The largest absolute Gasteiger partial charge is 0.488 e. The average molecular weight is 742 g/mol. The van der Waals surface area contributed by atoms with Crippen molar-refractivity contribution in [2.45, 2.75) is 106 Å². The lowest BCUT2D eigenvalue weighted by Gasteiger charge is -2.32. The van der Waals surface area contributed by atoms with Gasteiger partial charge in [0.1, 0.15) is 29.5 Å². The van der Waals surface area contributed by atoms with Crippen LogP contribution in [-0.2, 0) is 24.4 Å². The monoisotopic (exact) mass is 741 g/mol. The van der Waals surface area contributed by atoms with Gasteiger partial charge in [0.15, 0.2) is 0 Å². The molecule has 4 N–H and O–H groups in total. The summed E-state index contributed by atoms with van der Waals surface area (Å²) in [4.78, 5) is 60.0. The second kappa shape index (κ2) is 13.5. The first kappa shape index (κ1) is 35.9. The molecule has 280 valence electrons. The Hall–Kier alpha value is -4.47. The maximum absolute atomic E-state index is 14.7. The number of rotatable bonds is 8. The Balaban J connectivity index is 1.20. The standard InChI is InChI=1S/C36H44FN5O9S/c1-20-7-3-4-8-22-17-36(22,33(45)41-52(48,49)35(37)13-14-35)40-30(43)27-16-24(19-42(27)32(44)29(21(2)15-20)39-34(46)47)51-31-26-10-6-5-9-25(26)28(18-38-31)50-23-11-12-23/h4-6,8-10,18,20-24,27,29,39H,3,7,11-17,19H2,1-2H3,(H,40,43)(H,41,45)(H,46,47)/t20-,21-,22-,24-,27+,29+,36-/m1/s1. The quantitative estimate of drug-likeness (QED) is 0.291. The second-order valence-corrected chi connectivity index (χ2v) is 17.1. The van der Waals surface area contributed by atoms with Gasteiger partial charge in [-0.15, -0.1) is 0 Å². The van der Waals surface area contributed by atoms with Gasteiger partial charge in [-0.3, -0.25) is 14.4 Å². The van der Waals surface area contributed by atoms with Crippen molar-refractivity contribution in [2.24, 2.45) is 17.8 Å². The molecule has 0 unspecified atom stereocenters. The van der Waals surface area contributed by atoms with E-state index >= 15 is 0 Å². The molecule has 2 aliphatic heterocycles. The molecule has 16 heteroatoms. The molecule has 1 aromatic carbocycles. The Morgan fingerprint density at radius 3 is 2.48 bits per heavy atom. The molecule has 14 nitrogen and oxygen atoms in total. The Morgan fingerprint density at radius 2 is 1.79 bits per heavy atom. The Kier molecular flexibility index (Phi) is 9.32. The van der Waals surface area contributed by atoms with E-state index in [-0.39, 0.29) is 50.1 Å². The fourth-order valence-electron chi connectivity index (χ4n) is 7.47. The molecule has 1 aromatic heterocycles. The van der Waals surface area contributed by atoms with Crippen molar-refractivity contribution in [2.75, 3.05) is 6.54 Å². The van der Waals surface area contributed by atoms with Gasteiger partial charge >= 0.3 is 6.09 Å². The van der Waals surface area contributed by atoms with Crippen LogP contribution in [0, 0.1) is 17.8 Å². The molecule has 1 saturated heterocycles. The number of hydrogen-bond acceptors (Lipinski definition) is 9. The summed E-state index contributed by atoms with van der Waals surface area (Å²) in [5.41, 5.74) is -1.70. The lowest BCUT2D eigenvalue weighted by molar-refractivity contribution is -0.142. The number of ether oxygens (including phenoxy) is 2. The maximum atomic E-state index is 14.7. The molecule has 0 radical (unpaired) electrons. The number of hydrogen-bond donors (Lipinski definition) is 4. The van der Waals surface area contributed by atoms with Gasteiger partial charge in [-0.1, -0.05) is 44.2 Å². The van der Waals surface area contributed by atoms with E-state index in [0.29, 0.717) is 30.4 Å². The van der Waals surface area contributed by atoms with Gasteiger partial charge in [-0.05, 0) is 56.4 Å². The minimum atomic E-state index is -4.66. The zero-order valence-corrected chi connectivity index (χ0v) is 29.9. The summed E-state index contributed by atoms with van der Waals surface area (Å²) in [6, 6.07) is 5.01. The van der Waals surface area contributed by atoms with E-state index in [2.05, 4.69) is 15.6 Å². The van der Waals surface area contributed by atoms with E-state index in [1.165, 1.54) is 4.90 Å². The molecule has 52 heavy (non-hydrogen) atoms. The van der Waals surface area contributed by atoms with Crippen LogP contribution >= 0.6 is 0 Å². The first-order valence-electron chi connectivity index (χ1n) is 17.9. The van der Waals surface area contributed by atoms with Crippen LogP contribution in [0.3, 0.4) is 0 Å². The van der Waals surface area contributed by atoms with E-state index in [9.17, 15) is 37.1 Å². The molecule has 7 rings (SSSR count). The van der Waals surface area contributed by atoms with Crippen molar-refractivity contribution < 1.29 is 46.6 Å². The molecular weight excluding hydrogens is 697 g/mol. The average Bonchev–Trinajstić information content (AvgIpc) is 4.04. The number of carbonyl (C=O) groups is 4. The normalized spacial score (nSPS) is 31.6. The van der Waals surface area contributed by atoms with Crippen molar-refractivity contribution in [3.63, 3.8) is 0 Å². The minimum absolute atomic E-state index is 0.0391. The number of pyridine rings is 1. The summed E-state index contributed by atoms with van der Waals surface area (Å²) in [6.07, 6.45) is 6.46. The van der Waals surface area contributed by atoms with E-state index in [1.807, 2.05) is 42.0 Å². The van der Waals surface area contributed by atoms with Crippen LogP contribution < -0.4 is 24.8 Å². The van der Waals surface area contributed by atoms with Gasteiger partial charge in [0, 0.05) is 36.0 Å². The summed E-state index contributed by atoms with van der Waals surface area (Å²) in [6.45, 7) is 3.69. The third-order valence-corrected chi connectivity index (χ3v) is 12.7. The first-order chi connectivity index (χ1) is 24.7. The fourth-order valence-corrected chi connectivity index (χ4v) is 8.72. The van der Waals surface area contributed by atoms with Crippen LogP contribution in [0.25, 0.3) is 10.8 Å². The van der Waals surface area contributed by atoms with Crippen LogP contribution in [0.5, 0.6) is 11.6 Å². The number of aromatic nitrogens is 1. The Morgan fingerprint density at radius 1 is 1.06 bits per heavy atom. The van der Waals surface area contributed by atoms with Crippen molar-refractivity contribution in [3.8, 4) is 11.6 Å². The van der Waals surface area contributed by atoms with Crippen molar-refractivity contribution in [1.29, 1.82) is 0 Å². The van der Waals surface area contributed by atoms with Crippen LogP contribution in [0.4, 0.5) is 9.18 Å². The molecule has 3 saturated carbocycles. The number of fused-ring (bicyclic) bond motifs is 3. The molecule has 4 amide bonds. The highest BCUT2D eigenvalue weighted by molar-refractivity contribution is 7.91. The molecule has 0 spiro atoms.